The fourth-order valence-corrected chi connectivity index (χ4v) is 5.33. The number of nitrogens with zero attached hydrogens (tertiary/aromatic N) is 2. The van der Waals surface area contributed by atoms with Crippen molar-refractivity contribution in [2.75, 3.05) is 13.1 Å². The van der Waals surface area contributed by atoms with E-state index in [1.165, 1.54) is 0 Å². The monoisotopic (exact) mass is 395 g/mol. The third-order valence-electron chi connectivity index (χ3n) is 6.86. The van der Waals surface area contributed by atoms with E-state index in [-0.39, 0.29) is 17.5 Å². The molecule has 1 aromatic carbocycles. The van der Waals surface area contributed by atoms with Crippen LogP contribution in [0, 0.1) is 25.7 Å². The number of carbonyl (C=O) groups excluding carboxylic acids is 1. The maximum atomic E-state index is 13.0. The van der Waals surface area contributed by atoms with Gasteiger partial charge in [0.2, 0.25) is 5.91 Å². The standard InChI is InChI=1S/C23H29N3O3/c1-15-19(16(2)25-22(28)24-15)10-11-21(27)26-13-17-7-6-12-23(29,20(17)14-26)18-8-4-3-5-9-18/h3-5,8-9,17,20,29H,6-7,10-14H2,1-2H3,(H,24,25,28)/t17-,20+,23+/m0/s1. The molecule has 1 saturated heterocycles. The number of hydrogen-bond acceptors (Lipinski definition) is 4. The van der Waals surface area contributed by atoms with Gasteiger partial charge in [0.1, 0.15) is 0 Å². The molecule has 2 N–H and O–H groups in total. The number of aromatic nitrogens is 2. The van der Waals surface area contributed by atoms with Crippen LogP contribution in [0.25, 0.3) is 0 Å². The van der Waals surface area contributed by atoms with Crippen LogP contribution in [0.5, 0.6) is 0 Å². The van der Waals surface area contributed by atoms with Crippen LogP contribution >= 0.6 is 0 Å². The molecule has 6 heteroatoms. The van der Waals surface area contributed by atoms with Crippen LogP contribution in [0.3, 0.4) is 0 Å². The van der Waals surface area contributed by atoms with E-state index in [0.717, 1.165) is 42.6 Å². The van der Waals surface area contributed by atoms with Gasteiger partial charge in [-0.1, -0.05) is 30.3 Å². The number of carbonyl (C=O) groups is 1. The minimum atomic E-state index is -0.852. The average Bonchev–Trinajstić information content (AvgIpc) is 3.14. The summed E-state index contributed by atoms with van der Waals surface area (Å²) in [6, 6.07) is 9.91. The SMILES string of the molecule is Cc1nc(=O)[nH]c(C)c1CCC(=O)N1C[C@@H]2CCC[C@@](O)(c3ccccc3)[C@@H]2C1. The highest BCUT2D eigenvalue weighted by Gasteiger charge is 2.50. The largest absolute Gasteiger partial charge is 0.385 e. The van der Waals surface area contributed by atoms with Gasteiger partial charge in [0, 0.05) is 36.8 Å². The normalized spacial score (nSPS) is 26.4. The third-order valence-corrected chi connectivity index (χ3v) is 6.86. The molecule has 0 spiro atoms. The van der Waals surface area contributed by atoms with Crippen LogP contribution in [0.4, 0.5) is 0 Å². The second-order valence-corrected chi connectivity index (χ2v) is 8.58. The number of rotatable bonds is 4. The first-order chi connectivity index (χ1) is 13.9. The molecule has 2 fully saturated rings. The van der Waals surface area contributed by atoms with Crippen molar-refractivity contribution in [3.63, 3.8) is 0 Å². The first-order valence-corrected chi connectivity index (χ1v) is 10.5. The Morgan fingerprint density at radius 1 is 1.28 bits per heavy atom. The van der Waals surface area contributed by atoms with Gasteiger partial charge in [-0.25, -0.2) is 4.79 Å². The Morgan fingerprint density at radius 2 is 2.03 bits per heavy atom. The van der Waals surface area contributed by atoms with Gasteiger partial charge in [-0.2, -0.15) is 4.98 Å². The first-order valence-electron chi connectivity index (χ1n) is 10.5. The maximum absolute atomic E-state index is 13.0. The molecule has 0 bridgehead atoms. The molecular weight excluding hydrogens is 366 g/mol. The predicted octanol–water partition coefficient (Wildman–Crippen LogP) is 2.47. The fraction of sp³-hybridized carbons (Fsp3) is 0.522. The molecule has 2 heterocycles. The highest BCUT2D eigenvalue weighted by molar-refractivity contribution is 5.77. The molecule has 1 aliphatic carbocycles. The number of hydrogen-bond donors (Lipinski definition) is 2. The number of H-pyrrole nitrogens is 1. The van der Waals surface area contributed by atoms with Crippen molar-refractivity contribution in [3.8, 4) is 0 Å². The molecule has 2 aliphatic rings. The lowest BCUT2D eigenvalue weighted by molar-refractivity contribution is -0.130. The summed E-state index contributed by atoms with van der Waals surface area (Å²) in [6.07, 6.45) is 3.75. The third kappa shape index (κ3) is 3.73. The van der Waals surface area contributed by atoms with Gasteiger partial charge in [0.15, 0.2) is 0 Å². The number of nitrogens with one attached hydrogen (secondary N) is 1. The van der Waals surface area contributed by atoms with Gasteiger partial charge in [-0.05, 0) is 56.6 Å². The van der Waals surface area contributed by atoms with Crippen molar-refractivity contribution in [3.05, 3.63) is 63.3 Å². The van der Waals surface area contributed by atoms with Gasteiger partial charge in [0.05, 0.1) is 5.60 Å². The summed E-state index contributed by atoms with van der Waals surface area (Å²) >= 11 is 0. The number of likely N-dealkylation sites (tertiary alicyclic amines) is 1. The molecule has 29 heavy (non-hydrogen) atoms. The van der Waals surface area contributed by atoms with Crippen molar-refractivity contribution < 1.29 is 9.90 Å². The topological polar surface area (TPSA) is 86.3 Å². The van der Waals surface area contributed by atoms with Gasteiger partial charge in [0.25, 0.3) is 0 Å². The van der Waals surface area contributed by atoms with Crippen molar-refractivity contribution in [2.24, 2.45) is 11.8 Å². The molecule has 1 aromatic heterocycles. The minimum absolute atomic E-state index is 0.0841. The van der Waals surface area contributed by atoms with Crippen LogP contribution in [0.2, 0.25) is 0 Å². The molecule has 0 radical (unpaired) electrons. The molecule has 0 unspecified atom stereocenters. The number of fused-ring (bicyclic) bond motifs is 1. The van der Waals surface area contributed by atoms with E-state index in [1.54, 1.807) is 0 Å². The summed E-state index contributed by atoms with van der Waals surface area (Å²) in [5, 5.41) is 11.5. The lowest BCUT2D eigenvalue weighted by atomic mass is 9.67. The van der Waals surface area contributed by atoms with E-state index in [0.29, 0.717) is 31.0 Å². The van der Waals surface area contributed by atoms with Crippen LogP contribution in [-0.2, 0) is 16.8 Å². The lowest BCUT2D eigenvalue weighted by Gasteiger charge is -2.41. The number of aromatic amines is 1. The molecule has 4 rings (SSSR count). The van der Waals surface area contributed by atoms with Crippen LogP contribution in [0.1, 0.15) is 48.2 Å². The highest BCUT2D eigenvalue weighted by Crippen LogP contribution is 2.48. The van der Waals surface area contributed by atoms with E-state index < -0.39 is 5.60 Å². The van der Waals surface area contributed by atoms with Crippen molar-refractivity contribution in [1.82, 2.24) is 14.9 Å². The number of aliphatic hydroxyl groups is 1. The van der Waals surface area contributed by atoms with E-state index in [1.807, 2.05) is 49.1 Å². The fourth-order valence-electron chi connectivity index (χ4n) is 5.33. The minimum Gasteiger partial charge on any atom is -0.385 e. The average molecular weight is 396 g/mol. The molecule has 154 valence electrons. The molecule has 1 aliphatic heterocycles. The number of aryl methyl sites for hydroxylation is 2. The van der Waals surface area contributed by atoms with Crippen molar-refractivity contribution in [1.29, 1.82) is 0 Å². The first kappa shape index (κ1) is 19.8. The maximum Gasteiger partial charge on any atom is 0.345 e. The smallest absolute Gasteiger partial charge is 0.345 e. The Bertz CT molecular complexity index is 929. The van der Waals surface area contributed by atoms with Gasteiger partial charge >= 0.3 is 5.69 Å². The molecule has 1 amide bonds. The van der Waals surface area contributed by atoms with E-state index in [4.69, 9.17) is 0 Å². The van der Waals surface area contributed by atoms with Gasteiger partial charge < -0.3 is 15.0 Å². The zero-order chi connectivity index (χ0) is 20.6. The molecule has 3 atom stereocenters. The Balaban J connectivity index is 1.46. The van der Waals surface area contributed by atoms with E-state index in [9.17, 15) is 14.7 Å². The summed E-state index contributed by atoms with van der Waals surface area (Å²) in [7, 11) is 0. The Morgan fingerprint density at radius 3 is 2.76 bits per heavy atom. The zero-order valence-electron chi connectivity index (χ0n) is 17.1. The molecule has 6 nitrogen and oxygen atoms in total. The zero-order valence-corrected chi connectivity index (χ0v) is 17.1. The Labute approximate surface area is 171 Å². The summed E-state index contributed by atoms with van der Waals surface area (Å²) in [5.41, 5.74) is 2.18. The summed E-state index contributed by atoms with van der Waals surface area (Å²) < 4.78 is 0. The predicted molar refractivity (Wildman–Crippen MR) is 110 cm³/mol. The quantitative estimate of drug-likeness (QED) is 0.833. The second-order valence-electron chi connectivity index (χ2n) is 8.58. The van der Waals surface area contributed by atoms with E-state index in [2.05, 4.69) is 9.97 Å². The Kier molecular flexibility index (Phi) is 5.30. The van der Waals surface area contributed by atoms with Gasteiger partial charge in [-0.3, -0.25) is 4.79 Å². The highest BCUT2D eigenvalue weighted by atomic mass is 16.3. The van der Waals surface area contributed by atoms with Crippen LogP contribution in [0.15, 0.2) is 35.1 Å². The van der Waals surface area contributed by atoms with Crippen LogP contribution < -0.4 is 5.69 Å². The van der Waals surface area contributed by atoms with Crippen molar-refractivity contribution in [2.45, 2.75) is 51.6 Å². The number of amides is 1. The van der Waals surface area contributed by atoms with E-state index >= 15 is 0 Å². The number of benzene rings is 1. The molecule has 1 saturated carbocycles. The van der Waals surface area contributed by atoms with Crippen LogP contribution in [-0.4, -0.2) is 39.0 Å². The molecular formula is C23H29N3O3. The summed E-state index contributed by atoms with van der Waals surface area (Å²) in [5.74, 6) is 0.539. The summed E-state index contributed by atoms with van der Waals surface area (Å²) in [6.45, 7) is 4.99. The Hall–Kier alpha value is -2.47. The summed E-state index contributed by atoms with van der Waals surface area (Å²) in [4.78, 5) is 33.0. The van der Waals surface area contributed by atoms with Gasteiger partial charge in [-0.15, -0.1) is 0 Å². The van der Waals surface area contributed by atoms with Crippen molar-refractivity contribution >= 4 is 5.91 Å². The lowest BCUT2D eigenvalue weighted by Crippen LogP contribution is -2.42. The molecule has 2 aromatic rings. The second kappa shape index (κ2) is 7.75.